The number of nitrogens with zero attached hydrogens (tertiary/aromatic N) is 2. The van der Waals surface area contributed by atoms with Gasteiger partial charge in [0.15, 0.2) is 0 Å². The van der Waals surface area contributed by atoms with Gasteiger partial charge in [0.25, 0.3) is 0 Å². The van der Waals surface area contributed by atoms with Gasteiger partial charge in [-0.3, -0.25) is 4.79 Å². The summed E-state index contributed by atoms with van der Waals surface area (Å²) in [6.45, 7) is 4.65. The molecule has 6 rings (SSSR count). The van der Waals surface area contributed by atoms with Crippen LogP contribution in [0.5, 0.6) is 0 Å². The Labute approximate surface area is 173 Å². The molecule has 5 fully saturated rings. The molecule has 0 spiro atoms. The molecule has 1 aromatic rings. The van der Waals surface area contributed by atoms with Crippen molar-refractivity contribution in [2.45, 2.75) is 50.9 Å². The van der Waals surface area contributed by atoms with Gasteiger partial charge in [0.1, 0.15) is 0 Å². The number of rotatable bonds is 3. The van der Waals surface area contributed by atoms with Gasteiger partial charge in [-0.2, -0.15) is 0 Å². The van der Waals surface area contributed by atoms with Crippen molar-refractivity contribution in [1.29, 1.82) is 0 Å². The molecule has 29 heavy (non-hydrogen) atoms. The zero-order valence-corrected chi connectivity index (χ0v) is 17.4. The van der Waals surface area contributed by atoms with Gasteiger partial charge in [-0.15, -0.1) is 0 Å². The third kappa shape index (κ3) is 3.13. The minimum absolute atomic E-state index is 0.188. The van der Waals surface area contributed by atoms with Crippen molar-refractivity contribution in [2.75, 3.05) is 32.8 Å². The summed E-state index contributed by atoms with van der Waals surface area (Å²) in [5, 5.41) is 0. The molecule has 2 amide bonds. The van der Waals surface area contributed by atoms with Crippen molar-refractivity contribution in [3.8, 4) is 0 Å². The Balaban J connectivity index is 1.35. The van der Waals surface area contributed by atoms with Crippen LogP contribution in [0.3, 0.4) is 0 Å². The van der Waals surface area contributed by atoms with E-state index in [2.05, 4.69) is 30.3 Å². The second-order valence-corrected chi connectivity index (χ2v) is 9.87. The van der Waals surface area contributed by atoms with Gasteiger partial charge in [-0.05, 0) is 68.3 Å². The average Bonchev–Trinajstić information content (AvgIpc) is 2.73. The third-order valence-corrected chi connectivity index (χ3v) is 7.99. The largest absolute Gasteiger partial charge is 0.450 e. The Bertz CT molecular complexity index is 771. The van der Waals surface area contributed by atoms with Gasteiger partial charge in [-0.1, -0.05) is 30.3 Å². The number of ether oxygens (including phenoxy) is 1. The van der Waals surface area contributed by atoms with E-state index in [1.165, 1.54) is 24.8 Å². The standard InChI is InChI=1S/C24H32N2O3/c1-2-29-22(28)26-10-8-25(9-11-26)21(27)24-15-18-12-19(16-24)14-23(13-18,17-24)20-6-4-3-5-7-20/h3-7,18-19H,2,8-17H2,1H3/t18-,19+,23?,24?. The molecule has 1 aromatic carbocycles. The lowest BCUT2D eigenvalue weighted by atomic mass is 9.42. The maximum atomic E-state index is 13.8. The van der Waals surface area contributed by atoms with Crippen LogP contribution in [0.2, 0.25) is 0 Å². The SMILES string of the molecule is CCOC(=O)N1CCN(C(=O)C23C[C@H]4C[C@@H](C2)CC(c2ccccc2)(C4)C3)CC1. The average molecular weight is 397 g/mol. The molecular formula is C24H32N2O3. The van der Waals surface area contributed by atoms with Crippen LogP contribution in [0.1, 0.15) is 51.0 Å². The van der Waals surface area contributed by atoms with Gasteiger partial charge in [0, 0.05) is 26.2 Å². The Morgan fingerprint density at radius 1 is 0.966 bits per heavy atom. The molecule has 1 aliphatic heterocycles. The first-order valence-corrected chi connectivity index (χ1v) is 11.3. The number of amides is 2. The molecule has 4 atom stereocenters. The lowest BCUT2D eigenvalue weighted by Crippen LogP contribution is -2.61. The van der Waals surface area contributed by atoms with Crippen LogP contribution in [0, 0.1) is 17.3 Å². The van der Waals surface area contributed by atoms with Crippen LogP contribution in [0.15, 0.2) is 30.3 Å². The molecule has 1 heterocycles. The number of benzene rings is 1. The maximum Gasteiger partial charge on any atom is 0.409 e. The molecule has 5 nitrogen and oxygen atoms in total. The van der Waals surface area contributed by atoms with Gasteiger partial charge >= 0.3 is 6.09 Å². The minimum Gasteiger partial charge on any atom is -0.450 e. The monoisotopic (exact) mass is 396 g/mol. The van der Waals surface area contributed by atoms with Crippen molar-refractivity contribution in [2.24, 2.45) is 17.3 Å². The lowest BCUT2D eigenvalue weighted by molar-refractivity contribution is -0.161. The fourth-order valence-electron chi connectivity index (χ4n) is 7.28. The van der Waals surface area contributed by atoms with Crippen molar-refractivity contribution in [3.05, 3.63) is 35.9 Å². The Kier molecular flexibility index (Phi) is 4.60. The second-order valence-electron chi connectivity index (χ2n) is 9.87. The minimum atomic E-state index is -0.252. The fraction of sp³-hybridized carbons (Fsp3) is 0.667. The molecule has 156 valence electrons. The number of piperazine rings is 1. The summed E-state index contributed by atoms with van der Waals surface area (Å²) in [5.74, 6) is 1.72. The summed E-state index contributed by atoms with van der Waals surface area (Å²) in [6, 6.07) is 11.0. The van der Waals surface area contributed by atoms with Crippen LogP contribution >= 0.6 is 0 Å². The maximum absolute atomic E-state index is 13.8. The highest BCUT2D eigenvalue weighted by Gasteiger charge is 2.61. The highest BCUT2D eigenvalue weighted by atomic mass is 16.6. The van der Waals surface area contributed by atoms with Crippen molar-refractivity contribution < 1.29 is 14.3 Å². The van der Waals surface area contributed by atoms with Crippen molar-refractivity contribution >= 4 is 12.0 Å². The van der Waals surface area contributed by atoms with E-state index in [1.54, 1.807) is 4.90 Å². The first-order chi connectivity index (χ1) is 14.0. The van der Waals surface area contributed by atoms with E-state index in [4.69, 9.17) is 4.74 Å². The lowest BCUT2D eigenvalue weighted by Gasteiger charge is -2.62. The molecular weight excluding hydrogens is 364 g/mol. The number of carbonyl (C=O) groups is 2. The molecule has 5 heteroatoms. The molecule has 2 unspecified atom stereocenters. The van der Waals surface area contributed by atoms with Gasteiger partial charge < -0.3 is 14.5 Å². The Morgan fingerprint density at radius 2 is 1.59 bits per heavy atom. The molecule has 4 bridgehead atoms. The summed E-state index contributed by atoms with van der Waals surface area (Å²) < 4.78 is 5.12. The van der Waals surface area contributed by atoms with Gasteiger partial charge in [-0.25, -0.2) is 4.79 Å². The molecule has 4 saturated carbocycles. The highest BCUT2D eigenvalue weighted by Crippen LogP contribution is 2.66. The smallest absolute Gasteiger partial charge is 0.409 e. The predicted octanol–water partition coefficient (Wildman–Crippen LogP) is 3.83. The molecule has 0 aromatic heterocycles. The molecule has 4 aliphatic carbocycles. The van der Waals surface area contributed by atoms with Gasteiger partial charge in [0.05, 0.1) is 12.0 Å². The summed E-state index contributed by atoms with van der Waals surface area (Å²) in [6.07, 6.45) is 6.69. The van der Waals surface area contributed by atoms with Crippen molar-refractivity contribution in [3.63, 3.8) is 0 Å². The van der Waals surface area contributed by atoms with E-state index in [-0.39, 0.29) is 16.9 Å². The Hall–Kier alpha value is -2.04. The van der Waals surface area contributed by atoms with E-state index in [1.807, 2.05) is 11.8 Å². The number of carbonyl (C=O) groups excluding carboxylic acids is 2. The van der Waals surface area contributed by atoms with Crippen LogP contribution in [-0.2, 0) is 14.9 Å². The predicted molar refractivity (Wildman–Crippen MR) is 110 cm³/mol. The number of hydrogen-bond donors (Lipinski definition) is 0. The zero-order chi connectivity index (χ0) is 20.1. The van der Waals surface area contributed by atoms with E-state index < -0.39 is 0 Å². The fourth-order valence-corrected chi connectivity index (χ4v) is 7.28. The molecule has 1 saturated heterocycles. The van der Waals surface area contributed by atoms with Crippen molar-refractivity contribution in [1.82, 2.24) is 9.80 Å². The van der Waals surface area contributed by atoms with Gasteiger partial charge in [0.2, 0.25) is 5.91 Å². The second kappa shape index (κ2) is 7.03. The summed E-state index contributed by atoms with van der Waals surface area (Å²) in [5.41, 5.74) is 1.44. The number of hydrogen-bond acceptors (Lipinski definition) is 3. The first kappa shape index (κ1) is 19.0. The molecule has 0 radical (unpaired) electrons. The first-order valence-electron chi connectivity index (χ1n) is 11.3. The van der Waals surface area contributed by atoms with E-state index in [0.29, 0.717) is 50.5 Å². The summed E-state index contributed by atoms with van der Waals surface area (Å²) >= 11 is 0. The topological polar surface area (TPSA) is 49.9 Å². The van der Waals surface area contributed by atoms with E-state index in [0.717, 1.165) is 19.3 Å². The van der Waals surface area contributed by atoms with E-state index >= 15 is 0 Å². The van der Waals surface area contributed by atoms with Crippen LogP contribution in [0.25, 0.3) is 0 Å². The van der Waals surface area contributed by atoms with E-state index in [9.17, 15) is 9.59 Å². The van der Waals surface area contributed by atoms with Crippen LogP contribution in [-0.4, -0.2) is 54.6 Å². The Morgan fingerprint density at radius 3 is 2.21 bits per heavy atom. The third-order valence-electron chi connectivity index (χ3n) is 7.99. The summed E-state index contributed by atoms with van der Waals surface area (Å²) in [7, 11) is 0. The quantitative estimate of drug-likeness (QED) is 0.780. The molecule has 0 N–H and O–H groups in total. The summed E-state index contributed by atoms with van der Waals surface area (Å²) in [4.78, 5) is 29.6. The van der Waals surface area contributed by atoms with Crippen LogP contribution < -0.4 is 0 Å². The zero-order valence-electron chi connectivity index (χ0n) is 17.4. The normalized spacial score (nSPS) is 35.6. The van der Waals surface area contributed by atoms with Crippen LogP contribution in [0.4, 0.5) is 4.79 Å². The molecule has 5 aliphatic rings. The highest BCUT2D eigenvalue weighted by molar-refractivity contribution is 5.84.